The van der Waals surface area contributed by atoms with Gasteiger partial charge in [-0.2, -0.15) is 11.8 Å². The van der Waals surface area contributed by atoms with Crippen LogP contribution in [-0.2, 0) is 0 Å². The van der Waals surface area contributed by atoms with Gasteiger partial charge in [0.25, 0.3) is 5.91 Å². The van der Waals surface area contributed by atoms with E-state index in [1.54, 1.807) is 0 Å². The maximum atomic E-state index is 12.8. The molecule has 0 radical (unpaired) electrons. The number of amides is 1. The topological polar surface area (TPSA) is 46.3 Å². The Kier molecular flexibility index (Phi) is 4.97. The fraction of sp³-hybridized carbons (Fsp3) is 0.471. The minimum Gasteiger partial charge on any atom is -0.336 e. The van der Waals surface area contributed by atoms with Gasteiger partial charge < -0.3 is 10.6 Å². The molecule has 1 aromatic rings. The second kappa shape index (κ2) is 6.55. The van der Waals surface area contributed by atoms with E-state index in [-0.39, 0.29) is 10.7 Å². The Labute approximate surface area is 131 Å². The summed E-state index contributed by atoms with van der Waals surface area (Å²) in [6.45, 7) is 8.27. The third-order valence-corrected chi connectivity index (χ3v) is 4.81. The first kappa shape index (κ1) is 15.9. The third kappa shape index (κ3) is 4.03. The summed E-state index contributed by atoms with van der Waals surface area (Å²) in [7, 11) is 0. The molecule has 1 fully saturated rings. The van der Waals surface area contributed by atoms with Crippen molar-refractivity contribution < 1.29 is 4.79 Å². The minimum atomic E-state index is 0.109. The van der Waals surface area contributed by atoms with Crippen molar-refractivity contribution >= 4 is 17.7 Å². The Balaban J connectivity index is 2.26. The predicted molar refractivity (Wildman–Crippen MR) is 89.6 cm³/mol. The molecule has 0 saturated carbocycles. The standard InChI is InChI=1S/C17H22N2OS/c1-13-6-7-14(5-4-8-18)11-15(13)16(20)19-9-10-21-17(2,3)12-19/h6-7,11H,8-10,12,18H2,1-3H3. The molecule has 0 aromatic heterocycles. The first-order valence-corrected chi connectivity index (χ1v) is 8.14. The fourth-order valence-corrected chi connectivity index (χ4v) is 3.55. The van der Waals surface area contributed by atoms with Gasteiger partial charge in [-0.1, -0.05) is 17.9 Å². The highest BCUT2D eigenvalue weighted by Gasteiger charge is 2.30. The molecule has 1 aromatic carbocycles. The maximum Gasteiger partial charge on any atom is 0.254 e. The Morgan fingerprint density at radius 1 is 1.48 bits per heavy atom. The quantitative estimate of drug-likeness (QED) is 0.810. The SMILES string of the molecule is Cc1ccc(C#CCN)cc1C(=O)N1CCSC(C)(C)C1. The van der Waals surface area contributed by atoms with E-state index in [4.69, 9.17) is 5.73 Å². The largest absolute Gasteiger partial charge is 0.336 e. The number of aryl methyl sites for hydroxylation is 1. The number of nitrogens with zero attached hydrogens (tertiary/aromatic N) is 1. The van der Waals surface area contributed by atoms with Crippen LogP contribution < -0.4 is 5.73 Å². The van der Waals surface area contributed by atoms with Crippen LogP contribution in [0, 0.1) is 18.8 Å². The van der Waals surface area contributed by atoms with Crippen molar-refractivity contribution in [3.63, 3.8) is 0 Å². The summed E-state index contributed by atoms with van der Waals surface area (Å²) in [5.41, 5.74) is 7.99. The van der Waals surface area contributed by atoms with Gasteiger partial charge in [0.05, 0.1) is 6.54 Å². The molecule has 0 aliphatic carbocycles. The third-order valence-electron chi connectivity index (χ3n) is 3.52. The summed E-state index contributed by atoms with van der Waals surface area (Å²) in [5.74, 6) is 6.93. The highest BCUT2D eigenvalue weighted by Crippen LogP contribution is 2.30. The van der Waals surface area contributed by atoms with Crippen LogP contribution in [0.3, 0.4) is 0 Å². The molecule has 2 rings (SSSR count). The van der Waals surface area contributed by atoms with Crippen LogP contribution >= 0.6 is 11.8 Å². The van der Waals surface area contributed by atoms with E-state index in [1.165, 1.54) is 0 Å². The van der Waals surface area contributed by atoms with Crippen molar-refractivity contribution in [1.29, 1.82) is 0 Å². The lowest BCUT2D eigenvalue weighted by Crippen LogP contribution is -2.46. The first-order chi connectivity index (χ1) is 9.93. The number of carbonyl (C=O) groups is 1. The monoisotopic (exact) mass is 302 g/mol. The zero-order valence-electron chi connectivity index (χ0n) is 12.9. The summed E-state index contributed by atoms with van der Waals surface area (Å²) in [4.78, 5) is 14.7. The van der Waals surface area contributed by atoms with Gasteiger partial charge in [-0.3, -0.25) is 4.79 Å². The molecule has 0 atom stereocenters. The van der Waals surface area contributed by atoms with Gasteiger partial charge in [0, 0.05) is 34.7 Å². The lowest BCUT2D eigenvalue weighted by atomic mass is 10.0. The van der Waals surface area contributed by atoms with Crippen LogP contribution in [0.15, 0.2) is 18.2 Å². The van der Waals surface area contributed by atoms with E-state index >= 15 is 0 Å². The van der Waals surface area contributed by atoms with Crippen molar-refractivity contribution in [2.75, 3.05) is 25.4 Å². The Morgan fingerprint density at radius 2 is 2.24 bits per heavy atom. The zero-order chi connectivity index (χ0) is 15.5. The Hall–Kier alpha value is -1.44. The van der Waals surface area contributed by atoms with Gasteiger partial charge >= 0.3 is 0 Å². The van der Waals surface area contributed by atoms with Gasteiger partial charge in [0.15, 0.2) is 0 Å². The summed E-state index contributed by atoms with van der Waals surface area (Å²) in [6, 6.07) is 5.78. The van der Waals surface area contributed by atoms with Crippen molar-refractivity contribution in [3.05, 3.63) is 34.9 Å². The van der Waals surface area contributed by atoms with Crippen LogP contribution in [0.2, 0.25) is 0 Å². The molecule has 112 valence electrons. The molecule has 1 saturated heterocycles. The maximum absolute atomic E-state index is 12.8. The summed E-state index contributed by atoms with van der Waals surface area (Å²) < 4.78 is 0.124. The van der Waals surface area contributed by atoms with Crippen LogP contribution in [0.1, 0.15) is 35.3 Å². The van der Waals surface area contributed by atoms with E-state index < -0.39 is 0 Å². The van der Waals surface area contributed by atoms with Crippen LogP contribution in [-0.4, -0.2) is 40.9 Å². The van der Waals surface area contributed by atoms with Crippen LogP contribution in [0.25, 0.3) is 0 Å². The van der Waals surface area contributed by atoms with Crippen LogP contribution in [0.4, 0.5) is 0 Å². The molecule has 3 nitrogen and oxygen atoms in total. The fourth-order valence-electron chi connectivity index (χ4n) is 2.44. The molecule has 1 aliphatic rings. The molecule has 2 N–H and O–H groups in total. The van der Waals surface area contributed by atoms with Gasteiger partial charge in [0.2, 0.25) is 0 Å². The number of thioether (sulfide) groups is 1. The minimum absolute atomic E-state index is 0.109. The lowest BCUT2D eigenvalue weighted by molar-refractivity contribution is 0.0747. The number of benzene rings is 1. The van der Waals surface area contributed by atoms with Crippen molar-refractivity contribution in [2.45, 2.75) is 25.5 Å². The van der Waals surface area contributed by atoms with Gasteiger partial charge in [-0.15, -0.1) is 0 Å². The number of nitrogens with two attached hydrogens (primary N) is 1. The number of carbonyl (C=O) groups excluding carboxylic acids is 1. The highest BCUT2D eigenvalue weighted by molar-refractivity contribution is 8.00. The van der Waals surface area contributed by atoms with Crippen molar-refractivity contribution in [3.8, 4) is 11.8 Å². The van der Waals surface area contributed by atoms with E-state index in [2.05, 4.69) is 25.7 Å². The molecule has 4 heteroatoms. The molecule has 1 aliphatic heterocycles. The zero-order valence-corrected chi connectivity index (χ0v) is 13.7. The van der Waals surface area contributed by atoms with E-state index in [0.29, 0.717) is 6.54 Å². The molecule has 0 unspecified atom stereocenters. The van der Waals surface area contributed by atoms with Gasteiger partial charge in [-0.05, 0) is 38.5 Å². The average molecular weight is 302 g/mol. The molecule has 0 bridgehead atoms. The molecular weight excluding hydrogens is 280 g/mol. The Bertz CT molecular complexity index is 599. The normalized spacial score (nSPS) is 17.0. The van der Waals surface area contributed by atoms with Gasteiger partial charge in [-0.25, -0.2) is 0 Å². The first-order valence-electron chi connectivity index (χ1n) is 7.16. The molecule has 1 amide bonds. The van der Waals surface area contributed by atoms with Gasteiger partial charge in [0.1, 0.15) is 0 Å². The second-order valence-corrected chi connectivity index (χ2v) is 7.67. The van der Waals surface area contributed by atoms with Crippen LogP contribution in [0.5, 0.6) is 0 Å². The summed E-state index contributed by atoms with van der Waals surface area (Å²) in [6.07, 6.45) is 0. The highest BCUT2D eigenvalue weighted by atomic mass is 32.2. The number of hydrogen-bond donors (Lipinski definition) is 1. The number of hydrogen-bond acceptors (Lipinski definition) is 3. The lowest BCUT2D eigenvalue weighted by Gasteiger charge is -2.37. The predicted octanol–water partition coefficient (Wildman–Crippen LogP) is 2.27. The second-order valence-electron chi connectivity index (χ2n) is 5.87. The van der Waals surface area contributed by atoms with E-state index in [9.17, 15) is 4.79 Å². The number of rotatable bonds is 1. The van der Waals surface area contributed by atoms with E-state index in [1.807, 2.05) is 41.8 Å². The molecule has 0 spiro atoms. The smallest absolute Gasteiger partial charge is 0.254 e. The summed E-state index contributed by atoms with van der Waals surface area (Å²) >= 11 is 1.93. The van der Waals surface area contributed by atoms with E-state index in [0.717, 1.165) is 35.5 Å². The Morgan fingerprint density at radius 3 is 2.90 bits per heavy atom. The summed E-state index contributed by atoms with van der Waals surface area (Å²) in [5, 5.41) is 0. The van der Waals surface area contributed by atoms with Crippen molar-refractivity contribution in [1.82, 2.24) is 4.90 Å². The average Bonchev–Trinajstić information content (AvgIpc) is 2.44. The van der Waals surface area contributed by atoms with Crippen molar-refractivity contribution in [2.24, 2.45) is 5.73 Å². The molecular formula is C17H22N2OS. The molecule has 1 heterocycles. The molecule has 21 heavy (non-hydrogen) atoms.